The van der Waals surface area contributed by atoms with Crippen molar-refractivity contribution in [3.63, 3.8) is 0 Å². The van der Waals surface area contributed by atoms with Crippen LogP contribution in [-0.4, -0.2) is 47.4 Å². The van der Waals surface area contributed by atoms with Gasteiger partial charge in [0, 0.05) is 19.3 Å². The van der Waals surface area contributed by atoms with Gasteiger partial charge in [0.05, 0.1) is 22.0 Å². The molecular formula is C20H29N3O4S. The number of rotatable bonds is 3. The highest BCUT2D eigenvalue weighted by Crippen LogP contribution is 2.35. The number of carbonyl (C=O) groups excluding carboxylic acids is 1. The lowest BCUT2D eigenvalue weighted by Gasteiger charge is -2.37. The van der Waals surface area contributed by atoms with Crippen molar-refractivity contribution in [1.82, 2.24) is 14.5 Å². The van der Waals surface area contributed by atoms with Gasteiger partial charge in [-0.3, -0.25) is 4.90 Å². The normalized spacial score (nSPS) is 17.8. The summed E-state index contributed by atoms with van der Waals surface area (Å²) < 4.78 is 31.6. The topological polar surface area (TPSA) is 81.5 Å². The molecule has 2 heterocycles. The molecule has 154 valence electrons. The quantitative estimate of drug-likeness (QED) is 0.773. The highest BCUT2D eigenvalue weighted by molar-refractivity contribution is 7.90. The van der Waals surface area contributed by atoms with Gasteiger partial charge in [0.2, 0.25) is 0 Å². The molecule has 1 amide bonds. The third-order valence-electron chi connectivity index (χ3n) is 4.74. The second-order valence-corrected chi connectivity index (χ2v) is 10.9. The van der Waals surface area contributed by atoms with E-state index < -0.39 is 15.4 Å². The van der Waals surface area contributed by atoms with Crippen LogP contribution < -0.4 is 0 Å². The first kappa shape index (κ1) is 20.6. The zero-order valence-corrected chi connectivity index (χ0v) is 18.2. The van der Waals surface area contributed by atoms with Crippen LogP contribution in [0.25, 0.3) is 11.0 Å². The summed E-state index contributed by atoms with van der Waals surface area (Å²) in [6.07, 6.45) is 1.61. The summed E-state index contributed by atoms with van der Waals surface area (Å²) in [5.41, 5.74) is 0.958. The molecule has 0 aliphatic carbocycles. The molecule has 0 fully saturated rings. The Morgan fingerprint density at radius 3 is 2.54 bits per heavy atom. The predicted octanol–water partition coefficient (Wildman–Crippen LogP) is 3.78. The highest BCUT2D eigenvalue weighted by Gasteiger charge is 2.36. The van der Waals surface area contributed by atoms with Crippen LogP contribution in [0, 0.1) is 5.92 Å². The van der Waals surface area contributed by atoms with Gasteiger partial charge < -0.3 is 9.30 Å². The summed E-state index contributed by atoms with van der Waals surface area (Å²) in [6.45, 7) is 10.8. The zero-order chi connectivity index (χ0) is 20.9. The molecule has 2 aromatic rings. The molecule has 1 atom stereocenters. The number of nitrogens with zero attached hydrogens (tertiary/aromatic N) is 3. The first-order valence-corrected chi connectivity index (χ1v) is 11.5. The van der Waals surface area contributed by atoms with Crippen molar-refractivity contribution in [3.8, 4) is 0 Å². The second-order valence-electron chi connectivity index (χ2n) is 8.86. The van der Waals surface area contributed by atoms with Gasteiger partial charge in [-0.05, 0) is 51.3 Å². The molecule has 7 nitrogen and oxygen atoms in total. The van der Waals surface area contributed by atoms with E-state index in [0.717, 1.165) is 23.3 Å². The predicted molar refractivity (Wildman–Crippen MR) is 108 cm³/mol. The fourth-order valence-corrected chi connectivity index (χ4v) is 4.20. The maximum absolute atomic E-state index is 12.8. The van der Waals surface area contributed by atoms with E-state index in [9.17, 15) is 13.2 Å². The summed E-state index contributed by atoms with van der Waals surface area (Å²) in [5, 5.41) is 0. The minimum Gasteiger partial charge on any atom is -0.444 e. The standard InChI is InChI=1S/C20H29N3O4S/c1-13(2)11-17-18-21-15-8-7-14(28(6,25)26)12-16(15)22(18)9-10-23(17)19(24)27-20(3,4)5/h7-8,12-13,17H,9-11H2,1-6H3/t17-/m1/s1. The molecule has 0 N–H and O–H groups in total. The monoisotopic (exact) mass is 407 g/mol. The minimum atomic E-state index is -3.30. The molecule has 1 aromatic heterocycles. The molecule has 1 aliphatic heterocycles. The fourth-order valence-electron chi connectivity index (χ4n) is 3.56. The maximum Gasteiger partial charge on any atom is 0.410 e. The van der Waals surface area contributed by atoms with Gasteiger partial charge in [0.1, 0.15) is 11.4 Å². The second kappa shape index (κ2) is 7.06. The largest absolute Gasteiger partial charge is 0.444 e. The van der Waals surface area contributed by atoms with Crippen LogP contribution in [-0.2, 0) is 21.1 Å². The van der Waals surface area contributed by atoms with Crippen LogP contribution in [0.3, 0.4) is 0 Å². The van der Waals surface area contributed by atoms with Crippen molar-refractivity contribution in [2.75, 3.05) is 12.8 Å². The third-order valence-corrected chi connectivity index (χ3v) is 5.85. The molecule has 0 radical (unpaired) electrons. The Hall–Kier alpha value is -2.09. The summed E-state index contributed by atoms with van der Waals surface area (Å²) >= 11 is 0. The maximum atomic E-state index is 12.8. The minimum absolute atomic E-state index is 0.210. The van der Waals surface area contributed by atoms with Gasteiger partial charge in [-0.15, -0.1) is 0 Å². The molecule has 0 saturated heterocycles. The van der Waals surface area contributed by atoms with E-state index in [1.54, 1.807) is 23.1 Å². The van der Waals surface area contributed by atoms with Gasteiger partial charge in [-0.25, -0.2) is 18.2 Å². The molecular weight excluding hydrogens is 378 g/mol. The van der Waals surface area contributed by atoms with Crippen LogP contribution in [0.1, 0.15) is 52.9 Å². The van der Waals surface area contributed by atoms with E-state index in [1.807, 2.05) is 25.3 Å². The summed E-state index contributed by atoms with van der Waals surface area (Å²) in [5.74, 6) is 1.14. The van der Waals surface area contributed by atoms with Gasteiger partial charge >= 0.3 is 6.09 Å². The average molecular weight is 408 g/mol. The summed E-state index contributed by atoms with van der Waals surface area (Å²) in [4.78, 5) is 19.6. The van der Waals surface area contributed by atoms with Crippen LogP contribution >= 0.6 is 0 Å². The Bertz CT molecular complexity index is 1000. The van der Waals surface area contributed by atoms with Crippen LogP contribution in [0.15, 0.2) is 23.1 Å². The first-order chi connectivity index (χ1) is 12.9. The Morgan fingerprint density at radius 1 is 1.29 bits per heavy atom. The number of sulfone groups is 1. The molecule has 0 spiro atoms. The SMILES string of the molecule is CC(C)C[C@@H]1c2nc3ccc(S(C)(=O)=O)cc3n2CCN1C(=O)OC(C)(C)C. The number of hydrogen-bond donors (Lipinski definition) is 0. The van der Waals surface area contributed by atoms with Crippen LogP contribution in [0.4, 0.5) is 4.79 Å². The van der Waals surface area contributed by atoms with Gasteiger partial charge in [0.25, 0.3) is 0 Å². The average Bonchev–Trinajstić information content (AvgIpc) is 2.90. The number of benzene rings is 1. The number of ether oxygens (including phenoxy) is 1. The number of fused-ring (bicyclic) bond motifs is 3. The molecule has 0 unspecified atom stereocenters. The van der Waals surface area contributed by atoms with Crippen molar-refractivity contribution in [2.45, 2.75) is 64.1 Å². The molecule has 28 heavy (non-hydrogen) atoms. The Balaban J connectivity index is 2.07. The van der Waals surface area contributed by atoms with Crippen molar-refractivity contribution < 1.29 is 17.9 Å². The lowest BCUT2D eigenvalue weighted by atomic mass is 10.0. The van der Waals surface area contributed by atoms with Crippen molar-refractivity contribution in [2.24, 2.45) is 5.92 Å². The van der Waals surface area contributed by atoms with Gasteiger partial charge in [-0.2, -0.15) is 0 Å². The lowest BCUT2D eigenvalue weighted by molar-refractivity contribution is 0.00769. The number of amides is 1. The number of aromatic nitrogens is 2. The van der Waals surface area contributed by atoms with Crippen molar-refractivity contribution in [3.05, 3.63) is 24.0 Å². The van der Waals surface area contributed by atoms with E-state index in [-0.39, 0.29) is 17.0 Å². The smallest absolute Gasteiger partial charge is 0.410 e. The van der Waals surface area contributed by atoms with E-state index in [0.29, 0.717) is 19.0 Å². The van der Waals surface area contributed by atoms with E-state index >= 15 is 0 Å². The summed E-state index contributed by atoms with van der Waals surface area (Å²) in [7, 11) is -3.30. The highest BCUT2D eigenvalue weighted by atomic mass is 32.2. The van der Waals surface area contributed by atoms with Crippen molar-refractivity contribution in [1.29, 1.82) is 0 Å². The lowest BCUT2D eigenvalue weighted by Crippen LogP contribution is -2.45. The first-order valence-electron chi connectivity index (χ1n) is 9.56. The number of hydrogen-bond acceptors (Lipinski definition) is 5. The summed E-state index contributed by atoms with van der Waals surface area (Å²) in [6, 6.07) is 4.79. The Morgan fingerprint density at radius 2 is 1.96 bits per heavy atom. The van der Waals surface area contributed by atoms with Crippen LogP contribution in [0.5, 0.6) is 0 Å². The van der Waals surface area contributed by atoms with E-state index in [2.05, 4.69) is 13.8 Å². The molecule has 8 heteroatoms. The third kappa shape index (κ3) is 4.16. The number of imidazole rings is 1. The van der Waals surface area contributed by atoms with Crippen LogP contribution in [0.2, 0.25) is 0 Å². The Kier molecular flexibility index (Phi) is 5.20. The molecule has 1 aromatic carbocycles. The molecule has 0 saturated carbocycles. The van der Waals surface area contributed by atoms with Crippen molar-refractivity contribution >= 4 is 27.0 Å². The molecule has 3 rings (SSSR count). The van der Waals surface area contributed by atoms with Gasteiger partial charge in [0.15, 0.2) is 9.84 Å². The fraction of sp³-hybridized carbons (Fsp3) is 0.600. The Labute approximate surface area is 166 Å². The molecule has 0 bridgehead atoms. The molecule has 1 aliphatic rings. The zero-order valence-electron chi connectivity index (χ0n) is 17.4. The number of carbonyl (C=O) groups is 1. The van der Waals surface area contributed by atoms with Gasteiger partial charge in [-0.1, -0.05) is 13.8 Å². The van der Waals surface area contributed by atoms with E-state index in [4.69, 9.17) is 9.72 Å². The van der Waals surface area contributed by atoms with E-state index in [1.165, 1.54) is 6.26 Å².